The van der Waals surface area contributed by atoms with E-state index >= 15 is 0 Å². The van der Waals surface area contributed by atoms with Gasteiger partial charge in [0.25, 0.3) is 5.91 Å². The molecule has 1 aromatic carbocycles. The Kier molecular flexibility index (Phi) is 8.69. The van der Waals surface area contributed by atoms with Crippen LogP contribution >= 0.6 is 34.9 Å². The fraction of sp³-hybridized carbons (Fsp3) is 0.217. The van der Waals surface area contributed by atoms with Gasteiger partial charge >= 0.3 is 12.1 Å². The molecule has 4 rings (SSSR count). The maximum atomic E-state index is 13.3. The van der Waals surface area contributed by atoms with Crippen LogP contribution in [0.25, 0.3) is 0 Å². The van der Waals surface area contributed by atoms with E-state index in [0.717, 1.165) is 28.8 Å². The first kappa shape index (κ1) is 27.6. The summed E-state index contributed by atoms with van der Waals surface area (Å²) >= 11 is 3.52. The number of nitrogens with zero attached hydrogens (tertiary/aromatic N) is 5. The van der Waals surface area contributed by atoms with Gasteiger partial charge in [0.15, 0.2) is 10.3 Å². The molecule has 15 heteroatoms. The molecule has 0 fully saturated rings. The van der Waals surface area contributed by atoms with Crippen molar-refractivity contribution >= 4 is 51.9 Å². The van der Waals surface area contributed by atoms with Gasteiger partial charge in [0.1, 0.15) is 17.0 Å². The minimum atomic E-state index is -4.45. The quantitative estimate of drug-likeness (QED) is 0.262. The van der Waals surface area contributed by atoms with E-state index in [1.165, 1.54) is 48.7 Å². The first-order valence-corrected chi connectivity index (χ1v) is 13.3. The third-order valence-corrected chi connectivity index (χ3v) is 7.92. The van der Waals surface area contributed by atoms with Crippen LogP contribution in [0.4, 0.5) is 18.3 Å². The maximum absolute atomic E-state index is 13.3. The van der Waals surface area contributed by atoms with E-state index in [2.05, 4.69) is 30.2 Å². The molecule has 38 heavy (non-hydrogen) atoms. The number of halogens is 3. The zero-order valence-electron chi connectivity index (χ0n) is 19.9. The van der Waals surface area contributed by atoms with E-state index < -0.39 is 17.6 Å². The van der Waals surface area contributed by atoms with E-state index in [-0.39, 0.29) is 18.1 Å². The number of hydrogen-bond acceptors (Lipinski definition) is 10. The van der Waals surface area contributed by atoms with Crippen molar-refractivity contribution in [2.45, 2.75) is 39.0 Å². The first-order valence-electron chi connectivity index (χ1n) is 10.8. The second-order valence-corrected chi connectivity index (χ2v) is 10.8. The molecule has 9 nitrogen and oxygen atoms in total. The normalized spacial score (nSPS) is 11.4. The van der Waals surface area contributed by atoms with Crippen molar-refractivity contribution in [1.82, 2.24) is 24.7 Å². The number of carbonyl (C=O) groups is 2. The molecule has 0 aliphatic heterocycles. The van der Waals surface area contributed by atoms with Crippen LogP contribution in [0.15, 0.2) is 68.9 Å². The van der Waals surface area contributed by atoms with Crippen LogP contribution in [0.1, 0.15) is 27.3 Å². The molecule has 0 saturated heterocycles. The number of ether oxygens (including phenoxy) is 1. The van der Waals surface area contributed by atoms with Crippen LogP contribution in [0.3, 0.4) is 0 Å². The van der Waals surface area contributed by atoms with Gasteiger partial charge in [-0.25, -0.2) is 9.97 Å². The highest BCUT2D eigenvalue weighted by Crippen LogP contribution is 2.35. The smallest absolute Gasteiger partial charge is 0.416 e. The molecule has 198 valence electrons. The number of aromatic nitrogens is 5. The van der Waals surface area contributed by atoms with Crippen LogP contribution in [0.2, 0.25) is 0 Å². The van der Waals surface area contributed by atoms with Gasteiger partial charge in [0, 0.05) is 27.9 Å². The first-order chi connectivity index (χ1) is 18.1. The molecule has 3 heterocycles. The lowest BCUT2D eigenvalue weighted by molar-refractivity contribution is -0.140. The maximum Gasteiger partial charge on any atom is 0.416 e. The summed E-state index contributed by atoms with van der Waals surface area (Å²) in [4.78, 5) is 35.1. The molecule has 1 N–H and O–H groups in total. The molecule has 0 radical (unpaired) electrons. The SMILES string of the molecule is COC(=O)CCc1cnc(NC(=O)c2nc(Sc3nncn3C)ccc2Sc2ccc(C(F)(F)F)cc2)s1. The van der Waals surface area contributed by atoms with Gasteiger partial charge in [-0.2, -0.15) is 13.2 Å². The summed E-state index contributed by atoms with van der Waals surface area (Å²) in [6.45, 7) is 0. The lowest BCUT2D eigenvalue weighted by Gasteiger charge is -2.11. The summed E-state index contributed by atoms with van der Waals surface area (Å²) in [7, 11) is 3.08. The number of anilines is 1. The van der Waals surface area contributed by atoms with Crippen molar-refractivity contribution in [3.05, 3.63) is 65.1 Å². The van der Waals surface area contributed by atoms with Gasteiger partial charge in [0.2, 0.25) is 0 Å². The number of carbonyl (C=O) groups excluding carboxylic acids is 2. The molecule has 0 unspecified atom stereocenters. The molecule has 4 aromatic rings. The van der Waals surface area contributed by atoms with Crippen LogP contribution in [-0.2, 0) is 29.2 Å². The summed E-state index contributed by atoms with van der Waals surface area (Å²) in [5.41, 5.74) is -0.700. The minimum absolute atomic E-state index is 0.0633. The predicted molar refractivity (Wildman–Crippen MR) is 135 cm³/mol. The minimum Gasteiger partial charge on any atom is -0.469 e. The Balaban J connectivity index is 1.58. The van der Waals surface area contributed by atoms with E-state index in [0.29, 0.717) is 31.5 Å². The van der Waals surface area contributed by atoms with E-state index in [1.54, 1.807) is 29.9 Å². The van der Waals surface area contributed by atoms with Crippen molar-refractivity contribution in [2.24, 2.45) is 7.05 Å². The average molecular weight is 581 g/mol. The fourth-order valence-electron chi connectivity index (χ4n) is 2.99. The van der Waals surface area contributed by atoms with Crippen LogP contribution in [-0.4, -0.2) is 43.7 Å². The number of methoxy groups -OCH3 is 1. The number of esters is 1. The number of hydrogen-bond donors (Lipinski definition) is 1. The number of pyridine rings is 1. The molecular formula is C23H19F3N6O3S3. The summed E-state index contributed by atoms with van der Waals surface area (Å²) in [5.74, 6) is -0.899. The second kappa shape index (κ2) is 12.0. The number of thiazole rings is 1. The van der Waals surface area contributed by atoms with Crippen molar-refractivity contribution < 1.29 is 27.5 Å². The van der Waals surface area contributed by atoms with Gasteiger partial charge in [-0.3, -0.25) is 14.9 Å². The Hall–Kier alpha value is -3.43. The van der Waals surface area contributed by atoms with Gasteiger partial charge in [-0.15, -0.1) is 21.5 Å². The zero-order chi connectivity index (χ0) is 27.3. The highest BCUT2D eigenvalue weighted by atomic mass is 32.2. The lowest BCUT2D eigenvalue weighted by atomic mass is 10.2. The summed E-state index contributed by atoms with van der Waals surface area (Å²) in [6, 6.07) is 8.01. The zero-order valence-corrected chi connectivity index (χ0v) is 22.3. The number of amides is 1. The molecule has 0 spiro atoms. The summed E-state index contributed by atoms with van der Waals surface area (Å²) in [5, 5.41) is 11.9. The predicted octanol–water partition coefficient (Wildman–Crippen LogP) is 5.35. The van der Waals surface area contributed by atoms with Crippen LogP contribution in [0, 0.1) is 0 Å². The van der Waals surface area contributed by atoms with Crippen molar-refractivity contribution in [3.8, 4) is 0 Å². The van der Waals surface area contributed by atoms with Gasteiger partial charge in [-0.1, -0.05) is 11.8 Å². The highest BCUT2D eigenvalue weighted by Gasteiger charge is 2.30. The standard InChI is InChI=1S/C23H19F3N6O3S3/c1-32-12-28-31-22(32)38-17-9-8-16(36-14-5-3-13(4-6-14)23(24,25)26)19(29-17)20(34)30-21-27-11-15(37-21)7-10-18(33)35-2/h3-6,8-9,11-12H,7,10H2,1-2H3,(H,27,30,34). The van der Waals surface area contributed by atoms with Gasteiger partial charge < -0.3 is 9.30 Å². The number of rotatable bonds is 9. The second-order valence-electron chi connectivity index (χ2n) is 7.61. The molecule has 1 amide bonds. The van der Waals surface area contributed by atoms with Gasteiger partial charge in [0.05, 0.1) is 19.1 Å². The molecule has 0 aliphatic carbocycles. The molecule has 0 aliphatic rings. The monoisotopic (exact) mass is 580 g/mol. The Labute approximate surface area is 227 Å². The number of alkyl halides is 3. The molecule has 0 bridgehead atoms. The van der Waals surface area contributed by atoms with Gasteiger partial charge in [-0.05, 0) is 54.6 Å². The number of benzene rings is 1. The molecule has 0 saturated carbocycles. The van der Waals surface area contributed by atoms with Crippen molar-refractivity contribution in [3.63, 3.8) is 0 Å². The third kappa shape index (κ3) is 7.11. The van der Waals surface area contributed by atoms with E-state index in [9.17, 15) is 22.8 Å². The van der Waals surface area contributed by atoms with E-state index in [1.807, 2.05) is 0 Å². The van der Waals surface area contributed by atoms with Crippen molar-refractivity contribution in [1.29, 1.82) is 0 Å². The number of aryl methyl sites for hydroxylation is 2. The fourth-order valence-corrected chi connectivity index (χ4v) is 5.44. The summed E-state index contributed by atoms with van der Waals surface area (Å²) in [6.07, 6.45) is -0.752. The summed E-state index contributed by atoms with van der Waals surface area (Å²) < 4.78 is 45.2. The molecule has 0 atom stereocenters. The Bertz CT molecular complexity index is 1440. The lowest BCUT2D eigenvalue weighted by Crippen LogP contribution is -2.15. The molecular weight excluding hydrogens is 561 g/mol. The van der Waals surface area contributed by atoms with Crippen LogP contribution in [0.5, 0.6) is 0 Å². The Morgan fingerprint density at radius 1 is 1.13 bits per heavy atom. The molecule has 3 aromatic heterocycles. The Morgan fingerprint density at radius 2 is 1.89 bits per heavy atom. The average Bonchev–Trinajstić information content (AvgIpc) is 3.51. The highest BCUT2D eigenvalue weighted by molar-refractivity contribution is 7.99. The Morgan fingerprint density at radius 3 is 2.55 bits per heavy atom. The van der Waals surface area contributed by atoms with Crippen LogP contribution < -0.4 is 5.32 Å². The third-order valence-electron chi connectivity index (χ3n) is 4.90. The largest absolute Gasteiger partial charge is 0.469 e. The van der Waals surface area contributed by atoms with Crippen molar-refractivity contribution in [2.75, 3.05) is 12.4 Å². The van der Waals surface area contributed by atoms with E-state index in [4.69, 9.17) is 0 Å². The number of nitrogens with one attached hydrogen (secondary N) is 1. The topological polar surface area (TPSA) is 112 Å².